The van der Waals surface area contributed by atoms with Gasteiger partial charge in [0.2, 0.25) is 0 Å². The molecular weight excluding hydrogens is 256 g/mol. The van der Waals surface area contributed by atoms with Gasteiger partial charge in [0, 0.05) is 12.3 Å². The molecule has 0 aromatic heterocycles. The molecule has 0 amide bonds. The molecule has 4 nitrogen and oxygen atoms in total. The number of allylic oxidation sites excluding steroid dienone is 1. The molecule has 1 aliphatic carbocycles. The average molecular weight is 278 g/mol. The Bertz CT molecular complexity index is 427. The lowest BCUT2D eigenvalue weighted by Gasteiger charge is -2.26. The van der Waals surface area contributed by atoms with Crippen molar-refractivity contribution >= 4 is 11.9 Å². The highest BCUT2D eigenvalue weighted by Crippen LogP contribution is 2.36. The summed E-state index contributed by atoms with van der Waals surface area (Å²) < 4.78 is 9.40. The molecule has 110 valence electrons. The monoisotopic (exact) mass is 278 g/mol. The van der Waals surface area contributed by atoms with Crippen LogP contribution in [0.15, 0.2) is 12.2 Å². The van der Waals surface area contributed by atoms with E-state index >= 15 is 0 Å². The molecule has 1 aliphatic rings. The summed E-state index contributed by atoms with van der Waals surface area (Å²) in [6, 6.07) is 0. The van der Waals surface area contributed by atoms with Crippen LogP contribution in [0, 0.1) is 17.3 Å². The van der Waals surface area contributed by atoms with Crippen LogP contribution in [0.4, 0.5) is 0 Å². The molecule has 0 saturated heterocycles. The summed E-state index contributed by atoms with van der Waals surface area (Å²) in [5.41, 5.74) is -0.516. The number of carbonyl (C=O) groups excluding carboxylic acids is 2. The van der Waals surface area contributed by atoms with Crippen molar-refractivity contribution < 1.29 is 19.1 Å². The zero-order valence-corrected chi connectivity index (χ0v) is 12.2. The van der Waals surface area contributed by atoms with Crippen LogP contribution in [0.1, 0.15) is 44.9 Å². The van der Waals surface area contributed by atoms with Crippen molar-refractivity contribution in [3.63, 3.8) is 0 Å². The Balaban J connectivity index is 2.59. The summed E-state index contributed by atoms with van der Waals surface area (Å²) in [6.45, 7) is 0. The summed E-state index contributed by atoms with van der Waals surface area (Å²) in [4.78, 5) is 22.9. The van der Waals surface area contributed by atoms with E-state index in [1.165, 1.54) is 14.2 Å². The van der Waals surface area contributed by atoms with Crippen molar-refractivity contribution in [2.75, 3.05) is 14.2 Å². The van der Waals surface area contributed by atoms with Gasteiger partial charge in [-0.2, -0.15) is 0 Å². The fourth-order valence-electron chi connectivity index (χ4n) is 2.46. The molecule has 4 heteroatoms. The lowest BCUT2D eigenvalue weighted by Crippen LogP contribution is -2.30. The van der Waals surface area contributed by atoms with E-state index < -0.39 is 11.4 Å². The normalized spacial score (nSPS) is 21.3. The summed E-state index contributed by atoms with van der Waals surface area (Å²) in [5.74, 6) is 4.46. The lowest BCUT2D eigenvalue weighted by molar-refractivity contribution is -0.150. The van der Waals surface area contributed by atoms with Gasteiger partial charge in [-0.3, -0.25) is 4.79 Å². The number of unbranched alkanes of at least 4 members (excludes halogenated alkanes) is 1. The molecule has 1 atom stereocenters. The van der Waals surface area contributed by atoms with Crippen LogP contribution < -0.4 is 0 Å². The van der Waals surface area contributed by atoms with Gasteiger partial charge in [0.25, 0.3) is 0 Å². The van der Waals surface area contributed by atoms with Gasteiger partial charge in [-0.25, -0.2) is 4.79 Å². The molecule has 20 heavy (non-hydrogen) atoms. The average Bonchev–Trinajstić information content (AvgIpc) is 2.72. The van der Waals surface area contributed by atoms with E-state index in [0.717, 1.165) is 32.1 Å². The number of hydrogen-bond acceptors (Lipinski definition) is 4. The van der Waals surface area contributed by atoms with Gasteiger partial charge in [-0.05, 0) is 32.1 Å². The maximum atomic E-state index is 12.1. The standard InChI is InChI=1S/C16H22O4/c1-19-14(17)10-6-5-9-13-16(15(18)20-2)11-7-3-4-8-12-16/h7,11H,3-5,8-9,12-13H2,1-2H3. The quantitative estimate of drug-likeness (QED) is 0.261. The van der Waals surface area contributed by atoms with E-state index in [-0.39, 0.29) is 5.97 Å². The highest BCUT2D eigenvalue weighted by atomic mass is 16.5. The van der Waals surface area contributed by atoms with Gasteiger partial charge < -0.3 is 9.47 Å². The summed E-state index contributed by atoms with van der Waals surface area (Å²) in [6.07, 6.45) is 10.1. The van der Waals surface area contributed by atoms with Gasteiger partial charge in [0.05, 0.1) is 19.6 Å². The fourth-order valence-corrected chi connectivity index (χ4v) is 2.46. The summed E-state index contributed by atoms with van der Waals surface area (Å²) >= 11 is 0. The summed E-state index contributed by atoms with van der Waals surface area (Å²) in [7, 11) is 2.74. The van der Waals surface area contributed by atoms with Crippen molar-refractivity contribution in [1.29, 1.82) is 0 Å². The fraction of sp³-hybridized carbons (Fsp3) is 0.625. The van der Waals surface area contributed by atoms with Gasteiger partial charge in [0.1, 0.15) is 0 Å². The SMILES string of the molecule is COC(=O)C#CCCCC1(C(=O)OC)C=CCCCC1. The Morgan fingerprint density at radius 2 is 2.05 bits per heavy atom. The van der Waals surface area contributed by atoms with E-state index in [1.807, 2.05) is 6.08 Å². The van der Waals surface area contributed by atoms with Crippen molar-refractivity contribution in [2.45, 2.75) is 44.9 Å². The van der Waals surface area contributed by atoms with Crippen LogP contribution in [0.25, 0.3) is 0 Å². The number of methoxy groups -OCH3 is 2. The van der Waals surface area contributed by atoms with Gasteiger partial charge >= 0.3 is 11.9 Å². The molecule has 0 aliphatic heterocycles. The second-order valence-electron chi connectivity index (χ2n) is 4.94. The van der Waals surface area contributed by atoms with E-state index in [0.29, 0.717) is 12.8 Å². The van der Waals surface area contributed by atoms with Crippen LogP contribution in [-0.2, 0) is 19.1 Å². The molecule has 0 saturated carbocycles. The maximum Gasteiger partial charge on any atom is 0.384 e. The molecule has 1 rings (SSSR count). The first-order chi connectivity index (χ1) is 9.64. The molecule has 0 heterocycles. The highest BCUT2D eigenvalue weighted by Gasteiger charge is 2.36. The minimum atomic E-state index is -0.526. The molecule has 0 bridgehead atoms. The molecule has 0 spiro atoms. The predicted octanol–water partition coefficient (Wildman–Crippen LogP) is 2.62. The highest BCUT2D eigenvalue weighted by molar-refractivity contribution is 5.88. The predicted molar refractivity (Wildman–Crippen MR) is 75.7 cm³/mol. The Morgan fingerprint density at radius 1 is 1.25 bits per heavy atom. The first-order valence-corrected chi connectivity index (χ1v) is 6.97. The first kappa shape index (κ1) is 16.3. The Labute approximate surface area is 120 Å². The van der Waals surface area contributed by atoms with Crippen LogP contribution in [0.5, 0.6) is 0 Å². The molecule has 1 unspecified atom stereocenters. The molecule has 0 aromatic carbocycles. The van der Waals surface area contributed by atoms with E-state index in [2.05, 4.69) is 22.7 Å². The molecule has 0 aromatic rings. The van der Waals surface area contributed by atoms with Crippen molar-refractivity contribution in [3.05, 3.63) is 12.2 Å². The van der Waals surface area contributed by atoms with Crippen LogP contribution in [0.3, 0.4) is 0 Å². The molecule has 0 radical (unpaired) electrons. The number of esters is 2. The maximum absolute atomic E-state index is 12.1. The second kappa shape index (κ2) is 8.42. The van der Waals surface area contributed by atoms with Crippen molar-refractivity contribution in [2.24, 2.45) is 5.41 Å². The van der Waals surface area contributed by atoms with Gasteiger partial charge in [0.15, 0.2) is 0 Å². The molecule has 0 fully saturated rings. The third-order valence-corrected chi connectivity index (χ3v) is 3.57. The van der Waals surface area contributed by atoms with Gasteiger partial charge in [-0.15, -0.1) is 0 Å². The van der Waals surface area contributed by atoms with Crippen LogP contribution in [0.2, 0.25) is 0 Å². The second-order valence-corrected chi connectivity index (χ2v) is 4.94. The zero-order chi connectivity index (χ0) is 14.8. The Kier molecular flexibility index (Phi) is 6.86. The van der Waals surface area contributed by atoms with Crippen molar-refractivity contribution in [3.8, 4) is 11.8 Å². The smallest absolute Gasteiger partial charge is 0.384 e. The van der Waals surface area contributed by atoms with E-state index in [1.54, 1.807) is 0 Å². The number of carbonyl (C=O) groups is 2. The van der Waals surface area contributed by atoms with Crippen LogP contribution >= 0.6 is 0 Å². The molecule has 0 N–H and O–H groups in total. The number of rotatable bonds is 4. The zero-order valence-electron chi connectivity index (χ0n) is 12.2. The lowest BCUT2D eigenvalue weighted by atomic mass is 9.79. The topological polar surface area (TPSA) is 52.6 Å². The minimum absolute atomic E-state index is 0.170. The Morgan fingerprint density at radius 3 is 2.75 bits per heavy atom. The van der Waals surface area contributed by atoms with E-state index in [9.17, 15) is 9.59 Å². The third-order valence-electron chi connectivity index (χ3n) is 3.57. The summed E-state index contributed by atoms with van der Waals surface area (Å²) in [5, 5.41) is 0. The minimum Gasteiger partial charge on any atom is -0.468 e. The van der Waals surface area contributed by atoms with E-state index in [4.69, 9.17) is 4.74 Å². The van der Waals surface area contributed by atoms with Crippen molar-refractivity contribution in [1.82, 2.24) is 0 Å². The molecular formula is C16H22O4. The first-order valence-electron chi connectivity index (χ1n) is 6.97. The number of hydrogen-bond donors (Lipinski definition) is 0. The van der Waals surface area contributed by atoms with Gasteiger partial charge in [-0.1, -0.05) is 24.5 Å². The largest absolute Gasteiger partial charge is 0.468 e. The number of ether oxygens (including phenoxy) is 2. The third kappa shape index (κ3) is 4.73. The Hall–Kier alpha value is -1.76. The van der Waals surface area contributed by atoms with Crippen LogP contribution in [-0.4, -0.2) is 26.2 Å².